The third-order valence-electron chi connectivity index (χ3n) is 2.04. The van der Waals surface area contributed by atoms with Crippen LogP contribution in [0.2, 0.25) is 0 Å². The number of aliphatic hydroxyl groups is 1. The largest absolute Gasteiger partial charge is 0.394 e. The molecule has 3 heteroatoms. The normalized spacial score (nSPS) is 12.2. The molecule has 0 fully saturated rings. The van der Waals surface area contributed by atoms with Gasteiger partial charge < -0.3 is 10.4 Å². The Morgan fingerprint density at radius 2 is 2.00 bits per heavy atom. The van der Waals surface area contributed by atoms with Crippen molar-refractivity contribution in [2.24, 2.45) is 0 Å². The molecule has 0 aliphatic heterocycles. The van der Waals surface area contributed by atoms with Crippen LogP contribution in [0.3, 0.4) is 0 Å². The van der Waals surface area contributed by atoms with Crippen LogP contribution < -0.4 is 5.32 Å². The highest BCUT2D eigenvalue weighted by Gasteiger charge is 2.10. The van der Waals surface area contributed by atoms with Crippen molar-refractivity contribution in [2.45, 2.75) is 19.9 Å². The van der Waals surface area contributed by atoms with Gasteiger partial charge in [0.1, 0.15) is 0 Å². The third kappa shape index (κ3) is 2.85. The molecule has 1 unspecified atom stereocenters. The number of benzene rings is 1. The molecule has 0 radical (unpaired) electrons. The smallest absolute Gasteiger partial charge is 0.217 e. The lowest BCUT2D eigenvalue weighted by Gasteiger charge is -2.15. The third-order valence-corrected chi connectivity index (χ3v) is 2.04. The first-order chi connectivity index (χ1) is 6.63. The van der Waals surface area contributed by atoms with Crippen LogP contribution in [-0.2, 0) is 4.79 Å². The molecule has 0 spiro atoms. The van der Waals surface area contributed by atoms with E-state index in [1.165, 1.54) is 6.92 Å². The van der Waals surface area contributed by atoms with Crippen molar-refractivity contribution in [1.29, 1.82) is 0 Å². The highest BCUT2D eigenvalue weighted by Crippen LogP contribution is 2.12. The molecule has 0 aromatic heterocycles. The average molecular weight is 193 g/mol. The monoisotopic (exact) mass is 193 g/mol. The Morgan fingerprint density at radius 3 is 2.43 bits per heavy atom. The van der Waals surface area contributed by atoms with Crippen LogP contribution >= 0.6 is 0 Å². The molecule has 0 saturated heterocycles. The zero-order valence-corrected chi connectivity index (χ0v) is 8.45. The molecule has 1 rings (SSSR count). The van der Waals surface area contributed by atoms with Crippen LogP contribution in [0, 0.1) is 6.92 Å². The highest BCUT2D eigenvalue weighted by atomic mass is 16.3. The molecule has 1 amide bonds. The predicted octanol–water partition coefficient (Wildman–Crippen LogP) is 1.16. The van der Waals surface area contributed by atoms with Crippen LogP contribution in [0.15, 0.2) is 24.3 Å². The van der Waals surface area contributed by atoms with E-state index in [1.807, 2.05) is 31.2 Å². The van der Waals surface area contributed by atoms with E-state index in [1.54, 1.807) is 0 Å². The fraction of sp³-hybridized carbons (Fsp3) is 0.364. The number of aryl methyl sites for hydroxylation is 1. The van der Waals surface area contributed by atoms with E-state index < -0.39 is 0 Å². The van der Waals surface area contributed by atoms with E-state index in [4.69, 9.17) is 5.11 Å². The van der Waals surface area contributed by atoms with Crippen molar-refractivity contribution in [2.75, 3.05) is 6.61 Å². The second-order valence-electron chi connectivity index (χ2n) is 3.35. The second-order valence-corrected chi connectivity index (χ2v) is 3.35. The molecular weight excluding hydrogens is 178 g/mol. The summed E-state index contributed by atoms with van der Waals surface area (Å²) in [5.74, 6) is -0.135. The number of rotatable bonds is 3. The summed E-state index contributed by atoms with van der Waals surface area (Å²) in [5.41, 5.74) is 2.08. The van der Waals surface area contributed by atoms with E-state index in [0.29, 0.717) is 0 Å². The van der Waals surface area contributed by atoms with Crippen LogP contribution in [-0.4, -0.2) is 17.6 Å². The van der Waals surface area contributed by atoms with Gasteiger partial charge in [-0.1, -0.05) is 29.8 Å². The summed E-state index contributed by atoms with van der Waals surface area (Å²) in [6.07, 6.45) is 0. The molecule has 0 saturated carbocycles. The van der Waals surface area contributed by atoms with Crippen LogP contribution in [0.4, 0.5) is 0 Å². The molecule has 76 valence electrons. The molecule has 1 atom stereocenters. The summed E-state index contributed by atoms with van der Waals surface area (Å²) in [6.45, 7) is 3.36. The number of hydrogen-bond donors (Lipinski definition) is 2. The van der Waals surface area contributed by atoms with Crippen molar-refractivity contribution in [3.05, 3.63) is 35.4 Å². The fourth-order valence-corrected chi connectivity index (χ4v) is 1.28. The number of carbonyl (C=O) groups is 1. The van der Waals surface area contributed by atoms with E-state index in [2.05, 4.69) is 5.32 Å². The molecule has 0 aliphatic carbocycles. The minimum atomic E-state index is -0.298. The summed E-state index contributed by atoms with van der Waals surface area (Å²) in [4.78, 5) is 10.8. The zero-order chi connectivity index (χ0) is 10.6. The molecule has 3 nitrogen and oxygen atoms in total. The lowest BCUT2D eigenvalue weighted by molar-refractivity contribution is -0.120. The first kappa shape index (κ1) is 10.7. The maximum atomic E-state index is 10.8. The van der Waals surface area contributed by atoms with E-state index >= 15 is 0 Å². The lowest BCUT2D eigenvalue weighted by atomic mass is 10.1. The van der Waals surface area contributed by atoms with Gasteiger partial charge >= 0.3 is 0 Å². The number of hydrogen-bond acceptors (Lipinski definition) is 2. The summed E-state index contributed by atoms with van der Waals surface area (Å²) in [7, 11) is 0. The average Bonchev–Trinajstić information content (AvgIpc) is 2.15. The summed E-state index contributed by atoms with van der Waals surface area (Å²) in [6, 6.07) is 7.44. The van der Waals surface area contributed by atoms with Crippen LogP contribution in [0.1, 0.15) is 24.1 Å². The lowest BCUT2D eigenvalue weighted by Crippen LogP contribution is -2.28. The standard InChI is InChI=1S/C11H15NO2/c1-8-3-5-10(6-4-8)11(7-13)12-9(2)14/h3-6,11,13H,7H2,1-2H3,(H,12,14). The number of nitrogens with one attached hydrogen (secondary N) is 1. The van der Waals surface area contributed by atoms with Gasteiger partial charge in [-0.3, -0.25) is 4.79 Å². The number of aliphatic hydroxyl groups excluding tert-OH is 1. The van der Waals surface area contributed by atoms with E-state index in [9.17, 15) is 4.79 Å². The van der Waals surface area contributed by atoms with Crippen molar-refractivity contribution in [3.8, 4) is 0 Å². The maximum absolute atomic E-state index is 10.8. The Labute approximate surface area is 83.8 Å². The Balaban J connectivity index is 2.78. The first-order valence-corrected chi connectivity index (χ1v) is 4.58. The Bertz CT molecular complexity index is 306. The molecule has 14 heavy (non-hydrogen) atoms. The maximum Gasteiger partial charge on any atom is 0.217 e. The van der Waals surface area contributed by atoms with Crippen molar-refractivity contribution in [3.63, 3.8) is 0 Å². The zero-order valence-electron chi connectivity index (χ0n) is 8.45. The summed E-state index contributed by atoms with van der Waals surface area (Å²) < 4.78 is 0. The number of carbonyl (C=O) groups excluding carboxylic acids is 1. The van der Waals surface area contributed by atoms with Gasteiger partial charge in [-0.2, -0.15) is 0 Å². The Hall–Kier alpha value is -1.35. The van der Waals surface area contributed by atoms with Crippen molar-refractivity contribution < 1.29 is 9.90 Å². The number of amides is 1. The van der Waals surface area contributed by atoms with Gasteiger partial charge in [-0.05, 0) is 12.5 Å². The van der Waals surface area contributed by atoms with Crippen LogP contribution in [0.5, 0.6) is 0 Å². The van der Waals surface area contributed by atoms with E-state index in [0.717, 1.165) is 11.1 Å². The molecule has 1 aromatic carbocycles. The minimum Gasteiger partial charge on any atom is -0.394 e. The van der Waals surface area contributed by atoms with E-state index in [-0.39, 0.29) is 18.6 Å². The first-order valence-electron chi connectivity index (χ1n) is 4.58. The SMILES string of the molecule is CC(=O)NC(CO)c1ccc(C)cc1. The van der Waals surface area contributed by atoms with Gasteiger partial charge in [0.15, 0.2) is 0 Å². The van der Waals surface area contributed by atoms with Gasteiger partial charge in [-0.15, -0.1) is 0 Å². The van der Waals surface area contributed by atoms with Gasteiger partial charge in [0.25, 0.3) is 0 Å². The van der Waals surface area contributed by atoms with Gasteiger partial charge in [0.2, 0.25) is 5.91 Å². The minimum absolute atomic E-state index is 0.0807. The molecule has 0 aliphatic rings. The van der Waals surface area contributed by atoms with Crippen molar-refractivity contribution >= 4 is 5.91 Å². The summed E-state index contributed by atoms with van der Waals surface area (Å²) in [5, 5.41) is 11.8. The molecule has 1 aromatic rings. The molecule has 0 heterocycles. The fourth-order valence-electron chi connectivity index (χ4n) is 1.28. The Morgan fingerprint density at radius 1 is 1.43 bits per heavy atom. The van der Waals surface area contributed by atoms with Gasteiger partial charge in [-0.25, -0.2) is 0 Å². The summed E-state index contributed by atoms with van der Waals surface area (Å²) >= 11 is 0. The second kappa shape index (κ2) is 4.77. The molecular formula is C11H15NO2. The quantitative estimate of drug-likeness (QED) is 0.757. The topological polar surface area (TPSA) is 49.3 Å². The highest BCUT2D eigenvalue weighted by molar-refractivity contribution is 5.73. The van der Waals surface area contributed by atoms with Gasteiger partial charge in [0, 0.05) is 6.92 Å². The predicted molar refractivity (Wildman–Crippen MR) is 54.8 cm³/mol. The molecule has 2 N–H and O–H groups in total. The Kier molecular flexibility index (Phi) is 3.65. The van der Waals surface area contributed by atoms with Crippen LogP contribution in [0.25, 0.3) is 0 Å². The molecule has 0 bridgehead atoms. The van der Waals surface area contributed by atoms with Gasteiger partial charge in [0.05, 0.1) is 12.6 Å². The van der Waals surface area contributed by atoms with Crippen molar-refractivity contribution in [1.82, 2.24) is 5.32 Å².